The second-order valence-electron chi connectivity index (χ2n) is 4.60. The molecule has 92 valence electrons. The number of anilines is 1. The Morgan fingerprint density at radius 2 is 1.82 bits per heavy atom. The quantitative estimate of drug-likeness (QED) is 0.799. The molecule has 1 aromatic carbocycles. The minimum absolute atomic E-state index is 0.314. The Hall–Kier alpha value is -1.71. The molecular formula is C13H19N3O. The fraction of sp³-hybridized carbons (Fsp3) is 0.462. The SMILES string of the molecule is Cc1ccc(C)c(N2CCN(C(N)=O)CC2)c1. The van der Waals surface area contributed by atoms with Crippen LogP contribution in [0.3, 0.4) is 0 Å². The van der Waals surface area contributed by atoms with Gasteiger partial charge in [0.2, 0.25) is 0 Å². The largest absolute Gasteiger partial charge is 0.368 e. The van der Waals surface area contributed by atoms with E-state index in [1.165, 1.54) is 16.8 Å². The van der Waals surface area contributed by atoms with E-state index in [1.807, 2.05) is 0 Å². The number of hydrogen-bond donors (Lipinski definition) is 1. The molecule has 0 unspecified atom stereocenters. The van der Waals surface area contributed by atoms with E-state index in [-0.39, 0.29) is 6.03 Å². The zero-order valence-corrected chi connectivity index (χ0v) is 10.4. The first-order chi connectivity index (χ1) is 8.08. The molecule has 2 rings (SSSR count). The minimum Gasteiger partial charge on any atom is -0.368 e. The number of piperazine rings is 1. The van der Waals surface area contributed by atoms with Gasteiger partial charge in [0, 0.05) is 31.9 Å². The lowest BCUT2D eigenvalue weighted by atomic mass is 10.1. The van der Waals surface area contributed by atoms with E-state index >= 15 is 0 Å². The molecule has 0 aromatic heterocycles. The minimum atomic E-state index is -0.314. The number of nitrogens with zero attached hydrogens (tertiary/aromatic N) is 2. The molecule has 4 heteroatoms. The van der Waals surface area contributed by atoms with Gasteiger partial charge in [-0.1, -0.05) is 12.1 Å². The topological polar surface area (TPSA) is 49.6 Å². The third kappa shape index (κ3) is 2.52. The summed E-state index contributed by atoms with van der Waals surface area (Å²) in [5.41, 5.74) is 9.09. The fourth-order valence-electron chi connectivity index (χ4n) is 2.23. The molecule has 0 radical (unpaired) electrons. The number of benzene rings is 1. The van der Waals surface area contributed by atoms with Crippen molar-refractivity contribution < 1.29 is 4.79 Å². The van der Waals surface area contributed by atoms with Crippen molar-refractivity contribution in [2.75, 3.05) is 31.1 Å². The Bertz CT molecular complexity index is 423. The first kappa shape index (κ1) is 11.8. The van der Waals surface area contributed by atoms with E-state index in [0.717, 1.165) is 13.1 Å². The van der Waals surface area contributed by atoms with Crippen LogP contribution >= 0.6 is 0 Å². The van der Waals surface area contributed by atoms with E-state index in [2.05, 4.69) is 36.9 Å². The Morgan fingerprint density at radius 3 is 2.41 bits per heavy atom. The van der Waals surface area contributed by atoms with Crippen LogP contribution in [0.2, 0.25) is 0 Å². The lowest BCUT2D eigenvalue weighted by Crippen LogP contribution is -2.50. The standard InChI is InChI=1S/C13H19N3O/c1-10-3-4-11(2)12(9-10)15-5-7-16(8-6-15)13(14)17/h3-4,9H,5-8H2,1-2H3,(H2,14,17). The third-order valence-corrected chi connectivity index (χ3v) is 3.30. The number of hydrogen-bond acceptors (Lipinski definition) is 2. The molecule has 1 fully saturated rings. The van der Waals surface area contributed by atoms with E-state index in [0.29, 0.717) is 13.1 Å². The summed E-state index contributed by atoms with van der Waals surface area (Å²) in [5.74, 6) is 0. The molecule has 1 saturated heterocycles. The van der Waals surface area contributed by atoms with E-state index in [1.54, 1.807) is 4.90 Å². The molecule has 1 aliphatic rings. The molecule has 1 aliphatic heterocycles. The van der Waals surface area contributed by atoms with Crippen LogP contribution in [0.5, 0.6) is 0 Å². The maximum absolute atomic E-state index is 11.0. The van der Waals surface area contributed by atoms with Crippen LogP contribution in [-0.4, -0.2) is 37.1 Å². The summed E-state index contributed by atoms with van der Waals surface area (Å²) < 4.78 is 0. The van der Waals surface area contributed by atoms with Gasteiger partial charge in [-0.15, -0.1) is 0 Å². The van der Waals surface area contributed by atoms with Gasteiger partial charge in [-0.2, -0.15) is 0 Å². The summed E-state index contributed by atoms with van der Waals surface area (Å²) in [7, 11) is 0. The molecule has 0 atom stereocenters. The lowest BCUT2D eigenvalue weighted by Gasteiger charge is -2.36. The smallest absolute Gasteiger partial charge is 0.314 e. The first-order valence-electron chi connectivity index (χ1n) is 5.94. The van der Waals surface area contributed by atoms with E-state index in [9.17, 15) is 4.79 Å². The Balaban J connectivity index is 2.10. The number of urea groups is 1. The Morgan fingerprint density at radius 1 is 1.18 bits per heavy atom. The van der Waals surface area contributed by atoms with Gasteiger partial charge < -0.3 is 15.5 Å². The van der Waals surface area contributed by atoms with Gasteiger partial charge in [-0.05, 0) is 31.0 Å². The molecule has 0 spiro atoms. The highest BCUT2D eigenvalue weighted by atomic mass is 16.2. The van der Waals surface area contributed by atoms with Crippen LogP contribution in [0.15, 0.2) is 18.2 Å². The highest BCUT2D eigenvalue weighted by Gasteiger charge is 2.20. The Kier molecular flexibility index (Phi) is 3.22. The van der Waals surface area contributed by atoms with Gasteiger partial charge in [0.25, 0.3) is 0 Å². The highest BCUT2D eigenvalue weighted by Crippen LogP contribution is 2.22. The van der Waals surface area contributed by atoms with Crippen molar-refractivity contribution in [3.05, 3.63) is 29.3 Å². The van der Waals surface area contributed by atoms with Gasteiger partial charge in [-0.25, -0.2) is 4.79 Å². The predicted molar refractivity (Wildman–Crippen MR) is 69.3 cm³/mol. The van der Waals surface area contributed by atoms with Crippen LogP contribution in [0.1, 0.15) is 11.1 Å². The highest BCUT2D eigenvalue weighted by molar-refractivity contribution is 5.72. The zero-order chi connectivity index (χ0) is 12.4. The van der Waals surface area contributed by atoms with Crippen LogP contribution in [-0.2, 0) is 0 Å². The number of rotatable bonds is 1. The molecule has 0 saturated carbocycles. The molecular weight excluding hydrogens is 214 g/mol. The molecule has 4 nitrogen and oxygen atoms in total. The second kappa shape index (κ2) is 4.65. The fourth-order valence-corrected chi connectivity index (χ4v) is 2.23. The van der Waals surface area contributed by atoms with Crippen molar-refractivity contribution in [3.8, 4) is 0 Å². The van der Waals surface area contributed by atoms with Crippen molar-refractivity contribution in [1.29, 1.82) is 0 Å². The average Bonchev–Trinajstić information content (AvgIpc) is 2.32. The van der Waals surface area contributed by atoms with Crippen molar-refractivity contribution in [3.63, 3.8) is 0 Å². The summed E-state index contributed by atoms with van der Waals surface area (Å²) in [4.78, 5) is 15.1. The first-order valence-corrected chi connectivity index (χ1v) is 5.94. The average molecular weight is 233 g/mol. The van der Waals surface area contributed by atoms with Crippen LogP contribution in [0.4, 0.5) is 10.5 Å². The maximum atomic E-state index is 11.0. The van der Waals surface area contributed by atoms with Crippen LogP contribution < -0.4 is 10.6 Å². The van der Waals surface area contributed by atoms with Gasteiger partial charge >= 0.3 is 6.03 Å². The second-order valence-corrected chi connectivity index (χ2v) is 4.60. The number of amides is 2. The van der Waals surface area contributed by atoms with Crippen LogP contribution in [0.25, 0.3) is 0 Å². The Labute approximate surface area is 102 Å². The third-order valence-electron chi connectivity index (χ3n) is 3.30. The number of carbonyl (C=O) groups excluding carboxylic acids is 1. The molecule has 0 bridgehead atoms. The summed E-state index contributed by atoms with van der Waals surface area (Å²) in [6, 6.07) is 6.16. The zero-order valence-electron chi connectivity index (χ0n) is 10.4. The molecule has 1 aromatic rings. The molecule has 2 amide bonds. The summed E-state index contributed by atoms with van der Waals surface area (Å²) in [6.45, 7) is 7.35. The molecule has 1 heterocycles. The van der Waals surface area contributed by atoms with Crippen molar-refractivity contribution >= 4 is 11.7 Å². The summed E-state index contributed by atoms with van der Waals surface area (Å²) in [5, 5.41) is 0. The van der Waals surface area contributed by atoms with Crippen molar-refractivity contribution in [2.45, 2.75) is 13.8 Å². The van der Waals surface area contributed by atoms with Gasteiger partial charge in [0.05, 0.1) is 0 Å². The van der Waals surface area contributed by atoms with E-state index < -0.39 is 0 Å². The lowest BCUT2D eigenvalue weighted by molar-refractivity contribution is 0.204. The van der Waals surface area contributed by atoms with Crippen molar-refractivity contribution in [2.24, 2.45) is 5.73 Å². The maximum Gasteiger partial charge on any atom is 0.314 e. The van der Waals surface area contributed by atoms with Gasteiger partial charge in [-0.3, -0.25) is 0 Å². The van der Waals surface area contributed by atoms with Gasteiger partial charge in [0.15, 0.2) is 0 Å². The molecule has 17 heavy (non-hydrogen) atoms. The summed E-state index contributed by atoms with van der Waals surface area (Å²) >= 11 is 0. The number of carbonyl (C=O) groups is 1. The number of aryl methyl sites for hydroxylation is 2. The van der Waals surface area contributed by atoms with Gasteiger partial charge in [0.1, 0.15) is 0 Å². The molecule has 0 aliphatic carbocycles. The summed E-state index contributed by atoms with van der Waals surface area (Å²) in [6.07, 6.45) is 0. The normalized spacial score (nSPS) is 16.1. The van der Waals surface area contributed by atoms with E-state index in [4.69, 9.17) is 5.73 Å². The monoisotopic (exact) mass is 233 g/mol. The predicted octanol–water partition coefficient (Wildman–Crippen LogP) is 1.50. The number of primary amides is 1. The van der Waals surface area contributed by atoms with Crippen LogP contribution in [0, 0.1) is 13.8 Å². The molecule has 2 N–H and O–H groups in total. The van der Waals surface area contributed by atoms with Crippen molar-refractivity contribution in [1.82, 2.24) is 4.90 Å². The number of nitrogens with two attached hydrogens (primary N) is 1.